The minimum Gasteiger partial charge on any atom is -0.383 e. The number of carbonyl (C=O) groups excluding carboxylic acids is 1. The summed E-state index contributed by atoms with van der Waals surface area (Å²) in [5, 5.41) is 6.56. The Morgan fingerprint density at radius 2 is 2.57 bits per heavy atom. The van der Waals surface area contributed by atoms with Crippen LogP contribution in [0.15, 0.2) is 12.3 Å². The largest absolute Gasteiger partial charge is 0.383 e. The lowest BCUT2D eigenvalue weighted by Crippen LogP contribution is -2.30. The molecule has 0 saturated carbocycles. The zero-order chi connectivity index (χ0) is 10.4. The van der Waals surface area contributed by atoms with Crippen LogP contribution in [0.2, 0.25) is 0 Å². The minimum atomic E-state index is -0.106. The van der Waals surface area contributed by atoms with Gasteiger partial charge in [-0.3, -0.25) is 9.48 Å². The van der Waals surface area contributed by atoms with Gasteiger partial charge in [0.15, 0.2) is 0 Å². The first-order valence-corrected chi connectivity index (χ1v) is 4.27. The maximum Gasteiger partial charge on any atom is 0.241 e. The first-order chi connectivity index (χ1) is 6.72. The van der Waals surface area contributed by atoms with E-state index in [1.807, 2.05) is 0 Å². The Bertz CT molecular complexity index is 297. The maximum atomic E-state index is 11.2. The summed E-state index contributed by atoms with van der Waals surface area (Å²) in [6, 6.07) is 1.64. The van der Waals surface area contributed by atoms with E-state index in [0.29, 0.717) is 19.0 Å². The number of nitrogens with two attached hydrogens (primary N) is 1. The van der Waals surface area contributed by atoms with E-state index in [1.165, 1.54) is 4.68 Å². The van der Waals surface area contributed by atoms with Crippen LogP contribution in [-0.4, -0.2) is 35.9 Å². The first-order valence-electron chi connectivity index (χ1n) is 4.27. The average Bonchev–Trinajstić information content (AvgIpc) is 2.52. The van der Waals surface area contributed by atoms with Crippen LogP contribution in [0.5, 0.6) is 0 Å². The maximum absolute atomic E-state index is 11.2. The molecule has 0 unspecified atom stereocenters. The molecule has 6 heteroatoms. The van der Waals surface area contributed by atoms with Crippen LogP contribution in [-0.2, 0) is 16.1 Å². The molecule has 14 heavy (non-hydrogen) atoms. The third-order valence-electron chi connectivity index (χ3n) is 1.60. The molecule has 0 fully saturated rings. The number of nitrogens with zero attached hydrogens (tertiary/aromatic N) is 2. The van der Waals surface area contributed by atoms with E-state index in [0.717, 1.165) is 0 Å². The normalized spacial score (nSPS) is 10.1. The van der Waals surface area contributed by atoms with Gasteiger partial charge in [-0.05, 0) is 6.07 Å². The van der Waals surface area contributed by atoms with Crippen LogP contribution in [0.25, 0.3) is 0 Å². The van der Waals surface area contributed by atoms with Crippen molar-refractivity contribution in [3.63, 3.8) is 0 Å². The van der Waals surface area contributed by atoms with Crippen molar-refractivity contribution in [2.45, 2.75) is 6.54 Å². The number of anilines is 1. The van der Waals surface area contributed by atoms with Crippen LogP contribution >= 0.6 is 0 Å². The van der Waals surface area contributed by atoms with Gasteiger partial charge in [-0.15, -0.1) is 0 Å². The van der Waals surface area contributed by atoms with Gasteiger partial charge in [0.25, 0.3) is 0 Å². The van der Waals surface area contributed by atoms with Gasteiger partial charge in [0, 0.05) is 19.9 Å². The van der Waals surface area contributed by atoms with Crippen molar-refractivity contribution in [2.24, 2.45) is 0 Å². The molecular formula is C8H14N4O2. The molecule has 0 aliphatic heterocycles. The van der Waals surface area contributed by atoms with Crippen molar-refractivity contribution in [2.75, 3.05) is 26.0 Å². The summed E-state index contributed by atoms with van der Waals surface area (Å²) in [5.41, 5.74) is 5.39. The van der Waals surface area contributed by atoms with Crippen molar-refractivity contribution < 1.29 is 9.53 Å². The Kier molecular flexibility index (Phi) is 3.93. The molecule has 0 aliphatic carbocycles. The highest BCUT2D eigenvalue weighted by atomic mass is 16.5. The lowest BCUT2D eigenvalue weighted by atomic mass is 10.5. The van der Waals surface area contributed by atoms with Crippen LogP contribution < -0.4 is 11.1 Å². The predicted molar refractivity (Wildman–Crippen MR) is 51.5 cm³/mol. The number of amides is 1. The number of methoxy groups -OCH3 is 1. The fourth-order valence-electron chi connectivity index (χ4n) is 0.961. The highest BCUT2D eigenvalue weighted by molar-refractivity contribution is 5.75. The summed E-state index contributed by atoms with van der Waals surface area (Å²) in [7, 11) is 1.58. The van der Waals surface area contributed by atoms with Crippen molar-refractivity contribution in [3.8, 4) is 0 Å². The molecule has 1 aromatic heterocycles. The lowest BCUT2D eigenvalue weighted by Gasteiger charge is -2.03. The Morgan fingerprint density at radius 1 is 1.79 bits per heavy atom. The highest BCUT2D eigenvalue weighted by Crippen LogP contribution is 1.94. The molecule has 3 N–H and O–H groups in total. The fraction of sp³-hybridized carbons (Fsp3) is 0.500. The lowest BCUT2D eigenvalue weighted by molar-refractivity contribution is -0.122. The molecule has 0 spiro atoms. The van der Waals surface area contributed by atoms with E-state index in [2.05, 4.69) is 10.4 Å². The minimum absolute atomic E-state index is 0.106. The fourth-order valence-corrected chi connectivity index (χ4v) is 0.961. The standard InChI is InChI=1S/C8H14N4O2/c1-14-5-3-10-8(13)6-12-4-2-7(9)11-12/h2,4H,3,5-6H2,1H3,(H2,9,11)(H,10,13). The number of ether oxygens (including phenoxy) is 1. The molecule has 0 saturated heterocycles. The second-order valence-electron chi connectivity index (χ2n) is 2.78. The van der Waals surface area contributed by atoms with Crippen molar-refractivity contribution in [3.05, 3.63) is 12.3 Å². The summed E-state index contributed by atoms with van der Waals surface area (Å²) >= 11 is 0. The van der Waals surface area contributed by atoms with E-state index in [4.69, 9.17) is 10.5 Å². The number of carbonyl (C=O) groups is 1. The van der Waals surface area contributed by atoms with Crippen LogP contribution in [0.3, 0.4) is 0 Å². The average molecular weight is 198 g/mol. The monoisotopic (exact) mass is 198 g/mol. The van der Waals surface area contributed by atoms with E-state index in [-0.39, 0.29) is 12.5 Å². The first kappa shape index (κ1) is 10.5. The number of nitrogen functional groups attached to an aromatic ring is 1. The van der Waals surface area contributed by atoms with Crippen LogP contribution in [0.4, 0.5) is 5.82 Å². The zero-order valence-electron chi connectivity index (χ0n) is 8.06. The quantitative estimate of drug-likeness (QED) is 0.608. The van der Waals surface area contributed by atoms with E-state index in [1.54, 1.807) is 19.4 Å². The molecule has 1 heterocycles. The Morgan fingerprint density at radius 3 is 3.14 bits per heavy atom. The SMILES string of the molecule is COCCNC(=O)Cn1ccc(N)n1. The smallest absolute Gasteiger partial charge is 0.241 e. The van der Waals surface area contributed by atoms with Gasteiger partial charge in [-0.2, -0.15) is 5.10 Å². The van der Waals surface area contributed by atoms with E-state index >= 15 is 0 Å². The second-order valence-corrected chi connectivity index (χ2v) is 2.78. The number of hydrogen-bond donors (Lipinski definition) is 2. The number of hydrogen-bond acceptors (Lipinski definition) is 4. The third-order valence-corrected chi connectivity index (χ3v) is 1.60. The molecule has 1 rings (SSSR count). The van der Waals surface area contributed by atoms with Gasteiger partial charge in [-0.25, -0.2) is 0 Å². The third kappa shape index (κ3) is 3.44. The van der Waals surface area contributed by atoms with Gasteiger partial charge in [-0.1, -0.05) is 0 Å². The summed E-state index contributed by atoms with van der Waals surface area (Å²) in [6.45, 7) is 1.19. The van der Waals surface area contributed by atoms with Gasteiger partial charge in [0.1, 0.15) is 12.4 Å². The molecule has 6 nitrogen and oxygen atoms in total. The Labute approximate surface area is 82.0 Å². The molecule has 0 atom stereocenters. The molecule has 0 aromatic carbocycles. The van der Waals surface area contributed by atoms with Crippen molar-refractivity contribution in [1.82, 2.24) is 15.1 Å². The number of aromatic nitrogens is 2. The summed E-state index contributed by atoms with van der Waals surface area (Å²) in [4.78, 5) is 11.2. The Balaban J connectivity index is 2.27. The number of rotatable bonds is 5. The van der Waals surface area contributed by atoms with Gasteiger partial charge in [0.2, 0.25) is 5.91 Å². The van der Waals surface area contributed by atoms with Crippen molar-refractivity contribution >= 4 is 11.7 Å². The summed E-state index contributed by atoms with van der Waals surface area (Å²) < 4.78 is 6.27. The molecule has 0 bridgehead atoms. The topological polar surface area (TPSA) is 82.2 Å². The van der Waals surface area contributed by atoms with Crippen molar-refractivity contribution in [1.29, 1.82) is 0 Å². The van der Waals surface area contributed by atoms with Crippen LogP contribution in [0, 0.1) is 0 Å². The van der Waals surface area contributed by atoms with E-state index < -0.39 is 0 Å². The summed E-state index contributed by atoms with van der Waals surface area (Å²) in [5.74, 6) is 0.305. The number of nitrogens with one attached hydrogen (secondary N) is 1. The molecule has 0 radical (unpaired) electrons. The predicted octanol–water partition coefficient (Wildman–Crippen LogP) is -0.772. The van der Waals surface area contributed by atoms with E-state index in [9.17, 15) is 4.79 Å². The van der Waals surface area contributed by atoms with Gasteiger partial charge < -0.3 is 15.8 Å². The molecule has 1 amide bonds. The Hall–Kier alpha value is -1.56. The van der Waals surface area contributed by atoms with Crippen LogP contribution in [0.1, 0.15) is 0 Å². The van der Waals surface area contributed by atoms with Gasteiger partial charge in [0.05, 0.1) is 6.61 Å². The molecule has 78 valence electrons. The highest BCUT2D eigenvalue weighted by Gasteiger charge is 2.02. The second kappa shape index (κ2) is 5.23. The summed E-state index contributed by atoms with van der Waals surface area (Å²) in [6.07, 6.45) is 1.66. The molecular weight excluding hydrogens is 184 g/mol. The molecule has 0 aliphatic rings. The van der Waals surface area contributed by atoms with Gasteiger partial charge >= 0.3 is 0 Å². The zero-order valence-corrected chi connectivity index (χ0v) is 8.06. The molecule has 1 aromatic rings.